The van der Waals surface area contributed by atoms with E-state index in [0.717, 1.165) is 29.8 Å². The van der Waals surface area contributed by atoms with Gasteiger partial charge in [-0.3, -0.25) is 9.59 Å². The summed E-state index contributed by atoms with van der Waals surface area (Å²) in [5.41, 5.74) is 7.84. The fourth-order valence-corrected chi connectivity index (χ4v) is 1.89. The maximum atomic E-state index is 12.0. The Morgan fingerprint density at radius 2 is 2.00 bits per heavy atom. The Labute approximate surface area is 119 Å². The fourth-order valence-electron chi connectivity index (χ4n) is 1.89. The average molecular weight is 277 g/mol. The number of nitrogens with one attached hydrogen (secondary N) is 2. The van der Waals surface area contributed by atoms with Crippen LogP contribution in [0.5, 0.6) is 0 Å². The molecule has 0 fully saturated rings. The molecule has 0 aliphatic carbocycles. The fraction of sp³-hybridized carbons (Fsp3) is 0.467. The Morgan fingerprint density at radius 3 is 2.55 bits per heavy atom. The second-order valence-corrected chi connectivity index (χ2v) is 5.03. The third kappa shape index (κ3) is 5.01. The predicted molar refractivity (Wildman–Crippen MR) is 81.6 cm³/mol. The summed E-state index contributed by atoms with van der Waals surface area (Å²) < 4.78 is 0. The van der Waals surface area contributed by atoms with Crippen molar-refractivity contribution in [3.8, 4) is 0 Å². The molecule has 2 amide bonds. The smallest absolute Gasteiger partial charge is 0.227 e. The lowest BCUT2D eigenvalue weighted by molar-refractivity contribution is -0.119. The van der Waals surface area contributed by atoms with Gasteiger partial charge < -0.3 is 16.4 Å². The van der Waals surface area contributed by atoms with Gasteiger partial charge in [0.25, 0.3) is 0 Å². The summed E-state index contributed by atoms with van der Waals surface area (Å²) in [6, 6.07) is 5.42. The molecule has 0 aliphatic heterocycles. The summed E-state index contributed by atoms with van der Waals surface area (Å²) in [4.78, 5) is 23.0. The molecule has 1 unspecified atom stereocenters. The number of anilines is 2. The second kappa shape index (κ2) is 7.65. The molecule has 1 aromatic rings. The maximum Gasteiger partial charge on any atom is 0.227 e. The second-order valence-electron chi connectivity index (χ2n) is 5.03. The van der Waals surface area contributed by atoms with Gasteiger partial charge >= 0.3 is 0 Å². The first-order valence-electron chi connectivity index (χ1n) is 6.83. The van der Waals surface area contributed by atoms with Gasteiger partial charge in [-0.15, -0.1) is 0 Å². The van der Waals surface area contributed by atoms with Gasteiger partial charge in [-0.1, -0.05) is 6.92 Å². The van der Waals surface area contributed by atoms with E-state index >= 15 is 0 Å². The average Bonchev–Trinajstić information content (AvgIpc) is 2.38. The maximum absolute atomic E-state index is 12.0. The van der Waals surface area contributed by atoms with Crippen LogP contribution in [0.25, 0.3) is 0 Å². The number of hydrogen-bond donors (Lipinski definition) is 3. The summed E-state index contributed by atoms with van der Waals surface area (Å²) in [5, 5.41) is 5.62. The Morgan fingerprint density at radius 1 is 1.30 bits per heavy atom. The lowest BCUT2D eigenvalue weighted by Crippen LogP contribution is -2.21. The molecule has 4 N–H and O–H groups in total. The molecule has 0 bridgehead atoms. The van der Waals surface area contributed by atoms with Gasteiger partial charge in [0.05, 0.1) is 0 Å². The summed E-state index contributed by atoms with van der Waals surface area (Å²) in [7, 11) is 0. The molecule has 20 heavy (non-hydrogen) atoms. The minimum atomic E-state index is -0.111. The lowest BCUT2D eigenvalue weighted by atomic mass is 10.0. The molecule has 0 radical (unpaired) electrons. The van der Waals surface area contributed by atoms with Crippen molar-refractivity contribution < 1.29 is 9.59 Å². The van der Waals surface area contributed by atoms with Crippen molar-refractivity contribution in [1.29, 1.82) is 0 Å². The van der Waals surface area contributed by atoms with Crippen molar-refractivity contribution >= 4 is 23.2 Å². The van der Waals surface area contributed by atoms with Gasteiger partial charge in [-0.05, 0) is 50.1 Å². The number of carbonyl (C=O) groups excluding carboxylic acids is 2. The molecule has 0 aliphatic rings. The van der Waals surface area contributed by atoms with Crippen molar-refractivity contribution in [1.82, 2.24) is 0 Å². The van der Waals surface area contributed by atoms with Crippen molar-refractivity contribution in [2.45, 2.75) is 33.6 Å². The molecule has 1 aromatic carbocycles. The van der Waals surface area contributed by atoms with E-state index < -0.39 is 0 Å². The molecule has 1 rings (SSSR count). The molecular formula is C15H23N3O2. The molecule has 0 saturated carbocycles. The van der Waals surface area contributed by atoms with Crippen molar-refractivity contribution in [2.75, 3.05) is 17.2 Å². The van der Waals surface area contributed by atoms with Crippen LogP contribution in [-0.2, 0) is 9.59 Å². The quantitative estimate of drug-likeness (QED) is 0.745. The third-order valence-electron chi connectivity index (χ3n) is 3.09. The van der Waals surface area contributed by atoms with Crippen LogP contribution in [0.15, 0.2) is 18.2 Å². The van der Waals surface area contributed by atoms with Crippen molar-refractivity contribution in [3.63, 3.8) is 0 Å². The van der Waals surface area contributed by atoms with Gasteiger partial charge in [-0.25, -0.2) is 0 Å². The lowest BCUT2D eigenvalue weighted by Gasteiger charge is -2.13. The summed E-state index contributed by atoms with van der Waals surface area (Å²) in [6.07, 6.45) is 1.63. The molecule has 0 aromatic heterocycles. The monoisotopic (exact) mass is 277 g/mol. The Bertz CT molecular complexity index is 486. The van der Waals surface area contributed by atoms with E-state index in [-0.39, 0.29) is 17.7 Å². The SMILES string of the molecule is CC(=O)Nc1ccc(NC(=O)C(C)CCCN)cc1C. The first-order chi connectivity index (χ1) is 9.43. The predicted octanol–water partition coefficient (Wildman–Crippen LogP) is 2.27. The zero-order valence-corrected chi connectivity index (χ0v) is 12.3. The zero-order valence-electron chi connectivity index (χ0n) is 12.3. The van der Waals surface area contributed by atoms with Gasteiger partial charge in [-0.2, -0.15) is 0 Å². The third-order valence-corrected chi connectivity index (χ3v) is 3.09. The molecule has 1 atom stereocenters. The molecule has 0 heterocycles. The first kappa shape index (κ1) is 16.2. The largest absolute Gasteiger partial charge is 0.330 e. The van der Waals surface area contributed by atoms with Crippen LogP contribution >= 0.6 is 0 Å². The molecule has 110 valence electrons. The van der Waals surface area contributed by atoms with Crippen LogP contribution in [0, 0.1) is 12.8 Å². The van der Waals surface area contributed by atoms with Gasteiger partial charge in [0.1, 0.15) is 0 Å². The van der Waals surface area contributed by atoms with Crippen LogP contribution in [-0.4, -0.2) is 18.4 Å². The van der Waals surface area contributed by atoms with Crippen molar-refractivity contribution in [3.05, 3.63) is 23.8 Å². The number of amides is 2. The van der Waals surface area contributed by atoms with Crippen LogP contribution < -0.4 is 16.4 Å². The molecular weight excluding hydrogens is 254 g/mol. The Hall–Kier alpha value is -1.88. The van der Waals surface area contributed by atoms with E-state index in [1.165, 1.54) is 6.92 Å². The number of carbonyl (C=O) groups is 2. The molecule has 5 heteroatoms. The van der Waals surface area contributed by atoms with E-state index in [4.69, 9.17) is 5.73 Å². The summed E-state index contributed by atoms with van der Waals surface area (Å²) in [5.74, 6) is -0.181. The highest BCUT2D eigenvalue weighted by molar-refractivity contribution is 5.93. The van der Waals surface area contributed by atoms with Crippen LogP contribution in [0.3, 0.4) is 0 Å². The number of hydrogen-bond acceptors (Lipinski definition) is 3. The van der Waals surface area contributed by atoms with Crippen LogP contribution in [0.1, 0.15) is 32.3 Å². The van der Waals surface area contributed by atoms with E-state index in [1.807, 2.05) is 19.9 Å². The summed E-state index contributed by atoms with van der Waals surface area (Å²) >= 11 is 0. The standard InChI is InChI=1S/C15H23N3O2/c1-10(5-4-8-16)15(20)18-13-6-7-14(11(2)9-13)17-12(3)19/h6-7,9-10H,4-5,8,16H2,1-3H3,(H,17,19)(H,18,20). The highest BCUT2D eigenvalue weighted by Gasteiger charge is 2.12. The Kier molecular flexibility index (Phi) is 6.18. The van der Waals surface area contributed by atoms with E-state index in [0.29, 0.717) is 6.54 Å². The first-order valence-corrected chi connectivity index (χ1v) is 6.83. The number of aryl methyl sites for hydroxylation is 1. The van der Waals surface area contributed by atoms with Gasteiger partial charge in [0.2, 0.25) is 11.8 Å². The molecule has 5 nitrogen and oxygen atoms in total. The highest BCUT2D eigenvalue weighted by atomic mass is 16.2. The normalized spacial score (nSPS) is 11.8. The molecule has 0 spiro atoms. The van der Waals surface area contributed by atoms with E-state index in [2.05, 4.69) is 10.6 Å². The van der Waals surface area contributed by atoms with Crippen LogP contribution in [0.2, 0.25) is 0 Å². The van der Waals surface area contributed by atoms with E-state index in [9.17, 15) is 9.59 Å². The minimum absolute atomic E-state index is 0.00914. The van der Waals surface area contributed by atoms with Crippen LogP contribution in [0.4, 0.5) is 11.4 Å². The molecule has 0 saturated heterocycles. The van der Waals surface area contributed by atoms with Gasteiger partial charge in [0, 0.05) is 24.2 Å². The van der Waals surface area contributed by atoms with E-state index in [1.54, 1.807) is 12.1 Å². The number of rotatable bonds is 6. The minimum Gasteiger partial charge on any atom is -0.330 e. The van der Waals surface area contributed by atoms with Gasteiger partial charge in [0.15, 0.2) is 0 Å². The topological polar surface area (TPSA) is 84.2 Å². The summed E-state index contributed by atoms with van der Waals surface area (Å²) in [6.45, 7) is 5.85. The number of benzene rings is 1. The Balaban J connectivity index is 2.67. The highest BCUT2D eigenvalue weighted by Crippen LogP contribution is 2.20. The number of nitrogens with two attached hydrogens (primary N) is 1. The van der Waals surface area contributed by atoms with Crippen molar-refractivity contribution in [2.24, 2.45) is 11.7 Å². The zero-order chi connectivity index (χ0) is 15.1.